The lowest BCUT2D eigenvalue weighted by Gasteiger charge is -2.09. The number of hydrogen-bond donors (Lipinski definition) is 1. The molecule has 118 valence electrons. The maximum absolute atomic E-state index is 12.2. The Morgan fingerprint density at radius 1 is 1.26 bits per heavy atom. The van der Waals surface area contributed by atoms with Crippen LogP contribution in [0.4, 0.5) is 0 Å². The molecule has 3 heterocycles. The van der Waals surface area contributed by atoms with Crippen LogP contribution in [0.3, 0.4) is 0 Å². The van der Waals surface area contributed by atoms with E-state index in [1.807, 2.05) is 30.3 Å². The van der Waals surface area contributed by atoms with Gasteiger partial charge in [0, 0.05) is 13.2 Å². The highest BCUT2D eigenvalue weighted by molar-refractivity contribution is 7.26. The van der Waals surface area contributed by atoms with E-state index >= 15 is 0 Å². The normalized spacial score (nSPS) is 17.7. The third kappa shape index (κ3) is 3.15. The number of thiazole rings is 1. The third-order valence-electron chi connectivity index (χ3n) is 3.85. The van der Waals surface area contributed by atoms with Gasteiger partial charge in [0.2, 0.25) is 0 Å². The summed E-state index contributed by atoms with van der Waals surface area (Å²) in [4.78, 5) is 18.6. The highest BCUT2D eigenvalue weighted by Crippen LogP contribution is 2.34. The molecule has 0 bridgehead atoms. The van der Waals surface area contributed by atoms with Crippen LogP contribution in [0.5, 0.6) is 0 Å². The Morgan fingerprint density at radius 3 is 3.00 bits per heavy atom. The van der Waals surface area contributed by atoms with Gasteiger partial charge in [-0.1, -0.05) is 12.1 Å². The van der Waals surface area contributed by atoms with Crippen molar-refractivity contribution in [1.29, 1.82) is 0 Å². The van der Waals surface area contributed by atoms with Crippen molar-refractivity contribution in [3.63, 3.8) is 0 Å². The molecule has 0 spiro atoms. The van der Waals surface area contributed by atoms with Gasteiger partial charge in [-0.3, -0.25) is 4.79 Å². The van der Waals surface area contributed by atoms with Crippen LogP contribution < -0.4 is 5.32 Å². The number of rotatable bonds is 4. The molecule has 1 N–H and O–H groups in total. The topological polar surface area (TPSA) is 51.2 Å². The highest BCUT2D eigenvalue weighted by atomic mass is 32.1. The van der Waals surface area contributed by atoms with Crippen LogP contribution in [0.2, 0.25) is 0 Å². The second-order valence-corrected chi connectivity index (χ2v) is 7.61. The molecular formula is C17H16N2O2S2. The number of amides is 1. The van der Waals surface area contributed by atoms with Crippen LogP contribution in [0, 0.1) is 0 Å². The summed E-state index contributed by atoms with van der Waals surface area (Å²) in [5.41, 5.74) is 1.00. The fraction of sp³-hybridized carbons (Fsp3) is 0.294. The summed E-state index contributed by atoms with van der Waals surface area (Å²) in [7, 11) is 0. The molecule has 4 nitrogen and oxygen atoms in total. The molecule has 0 aliphatic carbocycles. The Kier molecular flexibility index (Phi) is 4.11. The van der Waals surface area contributed by atoms with Gasteiger partial charge in [-0.25, -0.2) is 4.98 Å². The molecule has 0 saturated carbocycles. The Bertz CT molecular complexity index is 801. The van der Waals surface area contributed by atoms with Gasteiger partial charge >= 0.3 is 0 Å². The first-order chi connectivity index (χ1) is 11.3. The van der Waals surface area contributed by atoms with Crippen LogP contribution in [-0.4, -0.2) is 30.1 Å². The summed E-state index contributed by atoms with van der Waals surface area (Å²) >= 11 is 3.14. The quantitative estimate of drug-likeness (QED) is 0.780. The van der Waals surface area contributed by atoms with Crippen molar-refractivity contribution in [2.24, 2.45) is 0 Å². The average Bonchev–Trinajstić information content (AvgIpc) is 3.31. The summed E-state index contributed by atoms with van der Waals surface area (Å²) in [5.74, 6) is -0.0298. The molecule has 1 aromatic carbocycles. The number of carbonyl (C=O) groups is 1. The third-order valence-corrected chi connectivity index (χ3v) is 6.14. The van der Waals surface area contributed by atoms with E-state index in [2.05, 4.69) is 16.4 Å². The zero-order valence-electron chi connectivity index (χ0n) is 12.5. The van der Waals surface area contributed by atoms with Crippen molar-refractivity contribution in [3.05, 3.63) is 41.3 Å². The minimum absolute atomic E-state index is 0.0298. The Morgan fingerprint density at radius 2 is 2.17 bits per heavy atom. The number of benzene rings is 1. The number of aromatic nitrogens is 1. The molecular weight excluding hydrogens is 328 g/mol. The molecule has 0 radical (unpaired) electrons. The predicted molar refractivity (Wildman–Crippen MR) is 94.2 cm³/mol. The summed E-state index contributed by atoms with van der Waals surface area (Å²) in [6.45, 7) is 1.40. The first kappa shape index (κ1) is 14.8. The number of nitrogens with one attached hydrogen (secondary N) is 1. The Balaban J connectivity index is 1.48. The molecule has 2 aromatic heterocycles. The van der Waals surface area contributed by atoms with Crippen LogP contribution >= 0.6 is 22.7 Å². The molecule has 1 amide bonds. The van der Waals surface area contributed by atoms with E-state index < -0.39 is 0 Å². The lowest BCUT2D eigenvalue weighted by Crippen LogP contribution is -2.31. The minimum atomic E-state index is -0.0298. The van der Waals surface area contributed by atoms with Crippen molar-refractivity contribution in [2.45, 2.75) is 18.9 Å². The van der Waals surface area contributed by atoms with Gasteiger partial charge in [0.05, 0.1) is 26.1 Å². The van der Waals surface area contributed by atoms with E-state index in [1.165, 1.54) is 16.0 Å². The predicted octanol–water partition coefficient (Wildman–Crippen LogP) is 3.93. The fourth-order valence-electron chi connectivity index (χ4n) is 2.65. The molecule has 1 atom stereocenters. The SMILES string of the molecule is O=C(NC[C@H]1CCCO1)c1ccc(-c2nc3ccccc3s2)s1. The van der Waals surface area contributed by atoms with Crippen molar-refractivity contribution in [2.75, 3.05) is 13.2 Å². The van der Waals surface area contributed by atoms with Crippen molar-refractivity contribution in [3.8, 4) is 9.88 Å². The number of para-hydroxylation sites is 1. The molecule has 1 aliphatic rings. The molecule has 23 heavy (non-hydrogen) atoms. The second kappa shape index (κ2) is 6.39. The Hall–Kier alpha value is -1.76. The molecule has 1 aliphatic heterocycles. The van der Waals surface area contributed by atoms with E-state index in [-0.39, 0.29) is 12.0 Å². The monoisotopic (exact) mass is 344 g/mol. The van der Waals surface area contributed by atoms with Gasteiger partial charge in [0.1, 0.15) is 5.01 Å². The molecule has 3 aromatic rings. The summed E-state index contributed by atoms with van der Waals surface area (Å²) in [5, 5.41) is 3.93. The largest absolute Gasteiger partial charge is 0.376 e. The van der Waals surface area contributed by atoms with Gasteiger partial charge in [0.15, 0.2) is 0 Å². The smallest absolute Gasteiger partial charge is 0.261 e. The van der Waals surface area contributed by atoms with E-state index in [0.717, 1.165) is 39.7 Å². The van der Waals surface area contributed by atoms with Crippen LogP contribution in [-0.2, 0) is 4.74 Å². The van der Waals surface area contributed by atoms with E-state index in [9.17, 15) is 4.79 Å². The van der Waals surface area contributed by atoms with Gasteiger partial charge in [-0.15, -0.1) is 22.7 Å². The number of fused-ring (bicyclic) bond motifs is 1. The van der Waals surface area contributed by atoms with Crippen molar-refractivity contribution >= 4 is 38.8 Å². The van der Waals surface area contributed by atoms with Gasteiger partial charge in [-0.2, -0.15) is 0 Å². The first-order valence-electron chi connectivity index (χ1n) is 7.65. The molecule has 6 heteroatoms. The van der Waals surface area contributed by atoms with E-state index in [1.54, 1.807) is 11.3 Å². The zero-order valence-corrected chi connectivity index (χ0v) is 14.1. The van der Waals surface area contributed by atoms with Crippen LogP contribution in [0.15, 0.2) is 36.4 Å². The average molecular weight is 344 g/mol. The maximum atomic E-state index is 12.2. The van der Waals surface area contributed by atoms with Gasteiger partial charge in [-0.05, 0) is 37.1 Å². The molecule has 4 rings (SSSR count). The number of nitrogens with zero attached hydrogens (tertiary/aromatic N) is 1. The van der Waals surface area contributed by atoms with Crippen LogP contribution in [0.1, 0.15) is 22.5 Å². The van der Waals surface area contributed by atoms with E-state index in [0.29, 0.717) is 6.54 Å². The number of ether oxygens (including phenoxy) is 1. The summed E-state index contributed by atoms with van der Waals surface area (Å²) < 4.78 is 6.69. The van der Waals surface area contributed by atoms with Gasteiger partial charge < -0.3 is 10.1 Å². The summed E-state index contributed by atoms with van der Waals surface area (Å²) in [6, 6.07) is 11.9. The van der Waals surface area contributed by atoms with Crippen LogP contribution in [0.25, 0.3) is 20.1 Å². The maximum Gasteiger partial charge on any atom is 0.261 e. The highest BCUT2D eigenvalue weighted by Gasteiger charge is 2.18. The lowest BCUT2D eigenvalue weighted by molar-refractivity contribution is 0.0861. The molecule has 1 saturated heterocycles. The zero-order chi connectivity index (χ0) is 15.6. The lowest BCUT2D eigenvalue weighted by atomic mass is 10.2. The molecule has 1 fully saturated rings. The first-order valence-corrected chi connectivity index (χ1v) is 9.28. The van der Waals surface area contributed by atoms with Crippen molar-refractivity contribution in [1.82, 2.24) is 10.3 Å². The number of hydrogen-bond acceptors (Lipinski definition) is 5. The van der Waals surface area contributed by atoms with Gasteiger partial charge in [0.25, 0.3) is 5.91 Å². The fourth-order valence-corrected chi connectivity index (χ4v) is 4.59. The van der Waals surface area contributed by atoms with Crippen molar-refractivity contribution < 1.29 is 9.53 Å². The minimum Gasteiger partial charge on any atom is -0.376 e. The van der Waals surface area contributed by atoms with E-state index in [4.69, 9.17) is 4.74 Å². The Labute approximate surface area is 142 Å². The molecule has 0 unspecified atom stereocenters. The summed E-state index contributed by atoms with van der Waals surface area (Å²) in [6.07, 6.45) is 2.28. The second-order valence-electron chi connectivity index (χ2n) is 5.50. The standard InChI is InChI=1S/C17H16N2O2S2/c20-16(18-10-11-4-3-9-21-11)14-7-8-15(22-14)17-19-12-5-1-2-6-13(12)23-17/h1-2,5-8,11H,3-4,9-10H2,(H,18,20)/t11-/m1/s1. The number of thiophene rings is 1. The number of carbonyl (C=O) groups excluding carboxylic acids is 1.